The number of nitriles is 1. The van der Waals surface area contributed by atoms with Crippen molar-refractivity contribution in [3.05, 3.63) is 23.8 Å². The van der Waals surface area contributed by atoms with Crippen molar-refractivity contribution in [2.24, 2.45) is 22.2 Å². The molecule has 1 heterocycles. The Morgan fingerprint density at radius 3 is 2.54 bits per heavy atom. The van der Waals surface area contributed by atoms with Gasteiger partial charge in [-0.3, -0.25) is 9.59 Å². The molecule has 0 aromatic heterocycles. The van der Waals surface area contributed by atoms with Gasteiger partial charge < -0.3 is 14.6 Å². The fraction of sp³-hybridized carbons (Fsp3) is 0.750. The van der Waals surface area contributed by atoms with E-state index in [0.29, 0.717) is 0 Å². The molecule has 0 bridgehead atoms. The molecule has 6 nitrogen and oxygen atoms in total. The number of ether oxygens (including phenoxy) is 2. The molecule has 9 heteroatoms. The topological polar surface area (TPSA) is 96.6 Å². The number of thioether (sulfide) groups is 1. The van der Waals surface area contributed by atoms with E-state index in [2.05, 4.69) is 0 Å². The van der Waals surface area contributed by atoms with Gasteiger partial charge in [-0.25, -0.2) is 8.78 Å². The maximum atomic E-state index is 17.5. The fourth-order valence-corrected chi connectivity index (χ4v) is 9.08. The summed E-state index contributed by atoms with van der Waals surface area (Å²) in [7, 11) is 0. The molecule has 1 aliphatic heterocycles. The van der Waals surface area contributed by atoms with E-state index in [1.54, 1.807) is 20.8 Å². The van der Waals surface area contributed by atoms with Crippen LogP contribution in [0.3, 0.4) is 0 Å². The first kappa shape index (κ1) is 28.4. The first-order valence-electron chi connectivity index (χ1n) is 13.0. The summed E-state index contributed by atoms with van der Waals surface area (Å²) < 4.78 is 45.8. The Bertz CT molecular complexity index is 1130. The maximum Gasteiger partial charge on any atom is 0.225 e. The standard InChI is InChI=1S/C26H31F2NO5S.C2H6.H2/c1-21(2)33-19-13-23(4)17-11-16(27)15-10-14(30)6-7-22(15,3)25(17,28)18(31)12-24(23,5)26(19,34-21)20(32)35-9-8-29;1-2;/h6-7,10,16-19,31H,9,11-13H2,1-5H3;1-2H3;1H/t16-,17-,18-,19+,22-,23-,24-,25-,26-;;/m0../s1. The van der Waals surface area contributed by atoms with Gasteiger partial charge in [-0.15, -0.1) is 0 Å². The molecule has 206 valence electrons. The molecule has 0 amide bonds. The number of alkyl halides is 2. The molecule has 0 aromatic rings. The number of hydrogen-bond acceptors (Lipinski definition) is 7. The van der Waals surface area contributed by atoms with Gasteiger partial charge in [0.05, 0.1) is 24.0 Å². The van der Waals surface area contributed by atoms with Crippen molar-refractivity contribution in [2.75, 3.05) is 5.75 Å². The third kappa shape index (κ3) is 3.31. The van der Waals surface area contributed by atoms with E-state index in [4.69, 9.17) is 14.7 Å². The lowest BCUT2D eigenvalue weighted by Gasteiger charge is -2.67. The second kappa shape index (κ2) is 8.70. The highest BCUT2D eigenvalue weighted by Crippen LogP contribution is 2.77. The van der Waals surface area contributed by atoms with Crippen LogP contribution in [-0.2, 0) is 19.1 Å². The van der Waals surface area contributed by atoms with Gasteiger partial charge in [-0.05, 0) is 63.2 Å². The van der Waals surface area contributed by atoms with Crippen LogP contribution in [-0.4, -0.2) is 57.2 Å². The quantitative estimate of drug-likeness (QED) is 0.512. The van der Waals surface area contributed by atoms with E-state index >= 15 is 8.78 Å². The van der Waals surface area contributed by atoms with E-state index in [0.717, 1.165) is 17.8 Å². The smallest absolute Gasteiger partial charge is 0.225 e. The van der Waals surface area contributed by atoms with Crippen LogP contribution in [0.25, 0.3) is 0 Å². The van der Waals surface area contributed by atoms with Gasteiger partial charge in [-0.2, -0.15) is 5.26 Å². The van der Waals surface area contributed by atoms with Crippen molar-refractivity contribution < 1.29 is 34.4 Å². The number of hydrogen-bond donors (Lipinski definition) is 1. The molecule has 9 atom stereocenters. The Morgan fingerprint density at radius 1 is 1.27 bits per heavy atom. The molecule has 0 aromatic carbocycles. The monoisotopic (exact) mass is 539 g/mol. The van der Waals surface area contributed by atoms with Gasteiger partial charge in [0.15, 0.2) is 22.8 Å². The number of nitrogens with zero attached hydrogens (tertiary/aromatic N) is 1. The van der Waals surface area contributed by atoms with Crippen LogP contribution in [0.1, 0.15) is 69.2 Å². The Morgan fingerprint density at radius 2 is 1.92 bits per heavy atom. The van der Waals surface area contributed by atoms with Crippen LogP contribution >= 0.6 is 11.8 Å². The van der Waals surface area contributed by atoms with Gasteiger partial charge in [0.25, 0.3) is 0 Å². The van der Waals surface area contributed by atoms with Crippen LogP contribution in [0.5, 0.6) is 0 Å². The van der Waals surface area contributed by atoms with Crippen molar-refractivity contribution in [3.8, 4) is 6.07 Å². The summed E-state index contributed by atoms with van der Waals surface area (Å²) in [5, 5.41) is 20.3. The summed E-state index contributed by atoms with van der Waals surface area (Å²) in [5.41, 5.74) is -7.36. The highest BCUT2D eigenvalue weighted by Gasteiger charge is 2.84. The molecular weight excluding hydrogens is 500 g/mol. The molecule has 4 fully saturated rings. The second-order valence-electron chi connectivity index (χ2n) is 11.8. The third-order valence-electron chi connectivity index (χ3n) is 9.96. The Kier molecular flexibility index (Phi) is 6.68. The molecule has 1 N–H and O–H groups in total. The minimum absolute atomic E-state index is 0. The minimum Gasteiger partial charge on any atom is -0.390 e. The van der Waals surface area contributed by atoms with Crippen molar-refractivity contribution >= 4 is 22.7 Å². The highest BCUT2D eigenvalue weighted by molar-refractivity contribution is 8.14. The molecular formula is C28H39F2NO5S. The van der Waals surface area contributed by atoms with Gasteiger partial charge >= 0.3 is 0 Å². The number of carbonyl (C=O) groups is 2. The molecule has 3 saturated carbocycles. The SMILES string of the molecule is CC.CC1(C)O[C@@H]2C[C@@]3(C)[C@@H]4C[C@H](F)C5=CC(=O)C=C[C@]5(C)[C@@]4(F)[C@@H](O)C[C@]3(C)[C@]2(C(=O)SCC#N)O1.[HH]. The van der Waals surface area contributed by atoms with Crippen molar-refractivity contribution in [1.82, 2.24) is 0 Å². The number of fused-ring (bicyclic) bond motifs is 7. The van der Waals surface area contributed by atoms with E-state index in [1.165, 1.54) is 12.2 Å². The normalized spacial score (nSPS) is 48.9. The highest BCUT2D eigenvalue weighted by atomic mass is 32.2. The molecule has 5 rings (SSSR count). The van der Waals surface area contributed by atoms with Gasteiger partial charge in [0.2, 0.25) is 5.12 Å². The number of allylic oxidation sites excluding steroid dienone is 4. The first-order chi connectivity index (χ1) is 17.1. The van der Waals surface area contributed by atoms with E-state index in [9.17, 15) is 14.7 Å². The summed E-state index contributed by atoms with van der Waals surface area (Å²) in [5.74, 6) is -2.57. The number of aliphatic hydroxyl groups is 1. The average molecular weight is 540 g/mol. The minimum atomic E-state index is -2.27. The van der Waals surface area contributed by atoms with Crippen LogP contribution in [0.4, 0.5) is 8.78 Å². The van der Waals surface area contributed by atoms with Crippen LogP contribution in [0.2, 0.25) is 0 Å². The van der Waals surface area contributed by atoms with E-state index < -0.39 is 63.4 Å². The van der Waals surface area contributed by atoms with Crippen molar-refractivity contribution in [1.29, 1.82) is 5.26 Å². The lowest BCUT2D eigenvalue weighted by Crippen LogP contribution is -2.73. The Labute approximate surface area is 223 Å². The van der Waals surface area contributed by atoms with Gasteiger partial charge in [0, 0.05) is 18.2 Å². The number of halogens is 2. The summed E-state index contributed by atoms with van der Waals surface area (Å²) >= 11 is 0.830. The van der Waals surface area contributed by atoms with Crippen molar-refractivity contribution in [2.45, 2.75) is 103 Å². The van der Waals surface area contributed by atoms with Crippen LogP contribution in [0, 0.1) is 33.5 Å². The predicted octanol–water partition coefficient (Wildman–Crippen LogP) is 5.25. The average Bonchev–Trinajstić information content (AvgIpc) is 3.20. The molecule has 1 saturated heterocycles. The first-order valence-corrected chi connectivity index (χ1v) is 14.0. The third-order valence-corrected chi connectivity index (χ3v) is 10.8. The van der Waals surface area contributed by atoms with Crippen LogP contribution < -0.4 is 0 Å². The Hall–Kier alpha value is -1.60. The maximum absolute atomic E-state index is 17.5. The largest absolute Gasteiger partial charge is 0.390 e. The predicted molar refractivity (Wildman–Crippen MR) is 138 cm³/mol. The molecule has 0 unspecified atom stereocenters. The molecule has 5 aliphatic rings. The molecule has 0 spiro atoms. The molecule has 37 heavy (non-hydrogen) atoms. The Balaban J connectivity index is 0.00000130. The van der Waals surface area contributed by atoms with Gasteiger partial charge in [-0.1, -0.05) is 45.5 Å². The molecule has 4 aliphatic carbocycles. The van der Waals surface area contributed by atoms with E-state index in [1.807, 2.05) is 33.8 Å². The zero-order chi connectivity index (χ0) is 27.8. The summed E-state index contributed by atoms with van der Waals surface area (Å²) in [6.45, 7) is 12.6. The zero-order valence-electron chi connectivity index (χ0n) is 22.6. The lowest BCUT2D eigenvalue weighted by molar-refractivity contribution is -0.272. The summed E-state index contributed by atoms with van der Waals surface area (Å²) in [4.78, 5) is 25.8. The summed E-state index contributed by atoms with van der Waals surface area (Å²) in [6.07, 6.45) is -0.188. The number of carbonyl (C=O) groups excluding carboxylic acids is 2. The van der Waals surface area contributed by atoms with Crippen LogP contribution in [0.15, 0.2) is 23.8 Å². The second-order valence-corrected chi connectivity index (χ2v) is 12.8. The van der Waals surface area contributed by atoms with E-state index in [-0.39, 0.29) is 37.1 Å². The lowest BCUT2D eigenvalue weighted by atomic mass is 9.40. The zero-order valence-corrected chi connectivity index (χ0v) is 23.4. The number of aliphatic hydroxyl groups excluding tert-OH is 1. The fourth-order valence-electron chi connectivity index (χ4n) is 8.27. The summed E-state index contributed by atoms with van der Waals surface area (Å²) in [6, 6.07) is 1.96. The molecule has 0 radical (unpaired) electrons. The van der Waals surface area contributed by atoms with Crippen molar-refractivity contribution in [3.63, 3.8) is 0 Å². The number of ketones is 1. The number of rotatable bonds is 2. The van der Waals surface area contributed by atoms with Gasteiger partial charge in [0.1, 0.15) is 6.17 Å².